The second-order valence-corrected chi connectivity index (χ2v) is 10.3. The molecule has 0 heterocycles. The molecule has 1 atom stereocenters. The Labute approximate surface area is 173 Å². The SMILES string of the molecule is CC(C)(C)CCC(=O)NCCOCCC(=O)N[C@H](CSCC(C)(C)C)C(=O)O. The van der Waals surface area contributed by atoms with E-state index in [9.17, 15) is 19.5 Å². The first-order valence-electron chi connectivity index (χ1n) is 9.74. The maximum atomic E-state index is 11.9. The van der Waals surface area contributed by atoms with Crippen LogP contribution < -0.4 is 10.6 Å². The summed E-state index contributed by atoms with van der Waals surface area (Å²) in [4.78, 5) is 34.9. The average molecular weight is 419 g/mol. The Bertz CT molecular complexity index is 498. The Morgan fingerprint density at radius 3 is 2.14 bits per heavy atom. The highest BCUT2D eigenvalue weighted by Gasteiger charge is 2.21. The van der Waals surface area contributed by atoms with E-state index in [0.29, 0.717) is 25.3 Å². The average Bonchev–Trinajstić information content (AvgIpc) is 2.53. The van der Waals surface area contributed by atoms with Gasteiger partial charge in [0.15, 0.2) is 0 Å². The van der Waals surface area contributed by atoms with Gasteiger partial charge in [0.1, 0.15) is 6.04 Å². The fraction of sp³-hybridized carbons (Fsp3) is 0.850. The standard InChI is InChI=1S/C20H38N2O5S/c1-19(2,3)9-7-16(23)21-10-12-27-11-8-17(24)22-15(18(25)26)13-28-14-20(4,5)6/h15H,7-14H2,1-6H3,(H,21,23)(H,22,24)(H,25,26)/t15-/m1/s1. The monoisotopic (exact) mass is 418 g/mol. The molecule has 0 fully saturated rings. The van der Waals surface area contributed by atoms with Crippen LogP contribution in [0.4, 0.5) is 0 Å². The highest BCUT2D eigenvalue weighted by molar-refractivity contribution is 7.99. The molecule has 0 aromatic heterocycles. The number of ether oxygens (including phenoxy) is 1. The molecule has 0 aromatic carbocycles. The molecule has 28 heavy (non-hydrogen) atoms. The lowest BCUT2D eigenvalue weighted by atomic mass is 9.90. The summed E-state index contributed by atoms with van der Waals surface area (Å²) >= 11 is 1.51. The molecule has 0 bridgehead atoms. The predicted molar refractivity (Wildman–Crippen MR) is 113 cm³/mol. The van der Waals surface area contributed by atoms with E-state index in [-0.39, 0.29) is 35.7 Å². The summed E-state index contributed by atoms with van der Waals surface area (Å²) in [6.45, 7) is 13.4. The molecule has 2 amide bonds. The molecule has 7 nitrogen and oxygen atoms in total. The molecule has 0 aliphatic carbocycles. The van der Waals surface area contributed by atoms with Gasteiger partial charge < -0.3 is 20.5 Å². The molecular formula is C20H38N2O5S. The van der Waals surface area contributed by atoms with Crippen LogP contribution in [0.1, 0.15) is 60.8 Å². The van der Waals surface area contributed by atoms with Crippen molar-refractivity contribution in [3.63, 3.8) is 0 Å². The van der Waals surface area contributed by atoms with E-state index < -0.39 is 12.0 Å². The van der Waals surface area contributed by atoms with Gasteiger partial charge >= 0.3 is 5.97 Å². The summed E-state index contributed by atoms with van der Waals surface area (Å²) in [7, 11) is 0. The number of thioether (sulfide) groups is 1. The highest BCUT2D eigenvalue weighted by Crippen LogP contribution is 2.21. The van der Waals surface area contributed by atoms with Crippen molar-refractivity contribution in [3.05, 3.63) is 0 Å². The number of carboxylic acid groups (broad SMARTS) is 1. The van der Waals surface area contributed by atoms with E-state index in [1.807, 2.05) is 0 Å². The lowest BCUT2D eigenvalue weighted by molar-refractivity contribution is -0.141. The van der Waals surface area contributed by atoms with Crippen molar-refractivity contribution >= 4 is 29.5 Å². The van der Waals surface area contributed by atoms with Crippen LogP contribution in [0.3, 0.4) is 0 Å². The summed E-state index contributed by atoms with van der Waals surface area (Å²) in [5, 5.41) is 14.6. The highest BCUT2D eigenvalue weighted by atomic mass is 32.2. The van der Waals surface area contributed by atoms with Crippen LogP contribution >= 0.6 is 11.8 Å². The first kappa shape index (κ1) is 26.7. The van der Waals surface area contributed by atoms with Crippen molar-refractivity contribution in [2.45, 2.75) is 66.8 Å². The third-order valence-electron chi connectivity index (χ3n) is 3.60. The number of carbonyl (C=O) groups excluding carboxylic acids is 2. The van der Waals surface area contributed by atoms with E-state index in [2.05, 4.69) is 52.2 Å². The van der Waals surface area contributed by atoms with Gasteiger partial charge in [0.25, 0.3) is 0 Å². The Balaban J connectivity index is 3.89. The van der Waals surface area contributed by atoms with Gasteiger partial charge in [0.05, 0.1) is 13.2 Å². The summed E-state index contributed by atoms with van der Waals surface area (Å²) in [6, 6.07) is -0.901. The first-order chi connectivity index (χ1) is 12.8. The zero-order valence-electron chi connectivity index (χ0n) is 18.2. The summed E-state index contributed by atoms with van der Waals surface area (Å²) in [6.07, 6.45) is 1.39. The minimum Gasteiger partial charge on any atom is -0.480 e. The van der Waals surface area contributed by atoms with Crippen molar-refractivity contribution in [2.75, 3.05) is 31.3 Å². The van der Waals surface area contributed by atoms with Gasteiger partial charge in [-0.1, -0.05) is 41.5 Å². The second kappa shape index (κ2) is 13.0. The topological polar surface area (TPSA) is 105 Å². The predicted octanol–water partition coefficient (Wildman–Crippen LogP) is 2.68. The minimum absolute atomic E-state index is 0.00618. The van der Waals surface area contributed by atoms with Crippen LogP contribution in [0, 0.1) is 10.8 Å². The zero-order valence-corrected chi connectivity index (χ0v) is 19.0. The molecule has 0 spiro atoms. The van der Waals surface area contributed by atoms with Crippen LogP contribution in [0.5, 0.6) is 0 Å². The van der Waals surface area contributed by atoms with Gasteiger partial charge in [-0.2, -0.15) is 11.8 Å². The number of hydrogen-bond acceptors (Lipinski definition) is 5. The Morgan fingerprint density at radius 1 is 0.964 bits per heavy atom. The van der Waals surface area contributed by atoms with E-state index in [1.54, 1.807) is 0 Å². The largest absolute Gasteiger partial charge is 0.480 e. The Morgan fingerprint density at radius 2 is 1.61 bits per heavy atom. The van der Waals surface area contributed by atoms with Crippen LogP contribution in [-0.4, -0.2) is 60.2 Å². The van der Waals surface area contributed by atoms with Crippen molar-refractivity contribution in [3.8, 4) is 0 Å². The van der Waals surface area contributed by atoms with E-state index in [4.69, 9.17) is 4.74 Å². The second-order valence-electron chi connectivity index (χ2n) is 9.31. The number of carbonyl (C=O) groups is 3. The molecule has 0 aromatic rings. The number of rotatable bonds is 13. The molecule has 0 saturated heterocycles. The van der Waals surface area contributed by atoms with E-state index in [0.717, 1.165) is 12.2 Å². The molecular weight excluding hydrogens is 380 g/mol. The zero-order chi connectivity index (χ0) is 21.8. The third kappa shape index (κ3) is 16.9. The molecule has 8 heteroatoms. The van der Waals surface area contributed by atoms with Gasteiger partial charge in [-0.3, -0.25) is 9.59 Å². The maximum absolute atomic E-state index is 11.9. The fourth-order valence-electron chi connectivity index (χ4n) is 2.03. The number of amides is 2. The molecule has 164 valence electrons. The number of aliphatic carboxylic acids is 1. The summed E-state index contributed by atoms with van der Waals surface area (Å²) < 4.78 is 5.34. The van der Waals surface area contributed by atoms with Gasteiger partial charge in [-0.25, -0.2) is 4.79 Å². The fourth-order valence-corrected chi connectivity index (χ4v) is 3.22. The number of nitrogens with one attached hydrogen (secondary N) is 2. The molecule has 0 saturated carbocycles. The molecule has 0 rings (SSSR count). The Hall–Kier alpha value is -1.28. The minimum atomic E-state index is -1.03. The molecule has 3 N–H and O–H groups in total. The number of carboxylic acids is 1. The third-order valence-corrected chi connectivity index (χ3v) is 5.24. The first-order valence-corrected chi connectivity index (χ1v) is 10.9. The number of hydrogen-bond donors (Lipinski definition) is 3. The Kier molecular flexibility index (Phi) is 12.4. The smallest absolute Gasteiger partial charge is 0.327 e. The van der Waals surface area contributed by atoms with E-state index >= 15 is 0 Å². The molecule has 0 aliphatic rings. The molecule has 0 radical (unpaired) electrons. The summed E-state index contributed by atoms with van der Waals surface area (Å²) in [5.74, 6) is -0.239. The van der Waals surface area contributed by atoms with Gasteiger partial charge in [-0.15, -0.1) is 0 Å². The van der Waals surface area contributed by atoms with Crippen molar-refractivity contribution in [1.82, 2.24) is 10.6 Å². The van der Waals surface area contributed by atoms with Gasteiger partial charge in [0, 0.05) is 25.1 Å². The van der Waals surface area contributed by atoms with Crippen LogP contribution in [-0.2, 0) is 19.1 Å². The van der Waals surface area contributed by atoms with Gasteiger partial charge in [-0.05, 0) is 23.0 Å². The van der Waals surface area contributed by atoms with Gasteiger partial charge in [0.2, 0.25) is 11.8 Å². The maximum Gasteiger partial charge on any atom is 0.327 e. The lowest BCUT2D eigenvalue weighted by Gasteiger charge is -2.19. The van der Waals surface area contributed by atoms with Crippen LogP contribution in [0.15, 0.2) is 0 Å². The van der Waals surface area contributed by atoms with Crippen molar-refractivity contribution in [2.24, 2.45) is 10.8 Å². The summed E-state index contributed by atoms with van der Waals surface area (Å²) in [5.41, 5.74) is 0.230. The quantitative estimate of drug-likeness (QED) is 0.397. The van der Waals surface area contributed by atoms with Crippen molar-refractivity contribution in [1.29, 1.82) is 0 Å². The van der Waals surface area contributed by atoms with Crippen LogP contribution in [0.2, 0.25) is 0 Å². The van der Waals surface area contributed by atoms with Crippen LogP contribution in [0.25, 0.3) is 0 Å². The normalized spacial score (nSPS) is 13.1. The molecule has 0 aliphatic heterocycles. The van der Waals surface area contributed by atoms with E-state index in [1.165, 1.54) is 11.8 Å². The molecule has 0 unspecified atom stereocenters. The lowest BCUT2D eigenvalue weighted by Crippen LogP contribution is -2.43. The van der Waals surface area contributed by atoms with Crippen molar-refractivity contribution < 1.29 is 24.2 Å².